The molecule has 2 N–H and O–H groups in total. The highest BCUT2D eigenvalue weighted by atomic mass is 16.5. The Kier molecular flexibility index (Phi) is 8.61. The lowest BCUT2D eigenvalue weighted by atomic mass is 9.87. The van der Waals surface area contributed by atoms with E-state index in [-0.39, 0.29) is 17.7 Å². The fourth-order valence-electron chi connectivity index (χ4n) is 2.88. The van der Waals surface area contributed by atoms with Crippen molar-refractivity contribution in [2.24, 2.45) is 5.10 Å². The zero-order valence-electron chi connectivity index (χ0n) is 18.8. The van der Waals surface area contributed by atoms with E-state index in [9.17, 15) is 9.59 Å². The van der Waals surface area contributed by atoms with Crippen LogP contribution in [0.4, 0.5) is 0 Å². The van der Waals surface area contributed by atoms with Gasteiger partial charge in [0.25, 0.3) is 0 Å². The first-order chi connectivity index (χ1) is 14.7. The third kappa shape index (κ3) is 7.77. The van der Waals surface area contributed by atoms with Gasteiger partial charge in [-0.3, -0.25) is 9.59 Å². The van der Waals surface area contributed by atoms with Gasteiger partial charge < -0.3 is 14.8 Å². The zero-order valence-corrected chi connectivity index (χ0v) is 18.8. The number of carbonyl (C=O) groups is 2. The number of carbonyl (C=O) groups excluding carboxylic acids is 2. The van der Waals surface area contributed by atoms with Crippen LogP contribution in [-0.2, 0) is 21.4 Å². The molecule has 0 spiro atoms. The first kappa shape index (κ1) is 23.9. The van der Waals surface area contributed by atoms with Crippen molar-refractivity contribution in [3.63, 3.8) is 0 Å². The van der Waals surface area contributed by atoms with Gasteiger partial charge in [-0.1, -0.05) is 51.1 Å². The largest absolute Gasteiger partial charge is 0.493 e. The fraction of sp³-hybridized carbons (Fsp3) is 0.375. The van der Waals surface area contributed by atoms with Crippen LogP contribution < -0.4 is 20.2 Å². The van der Waals surface area contributed by atoms with Crippen LogP contribution in [0.2, 0.25) is 0 Å². The normalized spacial score (nSPS) is 11.3. The Labute approximate surface area is 183 Å². The average Bonchev–Trinajstić information content (AvgIpc) is 2.73. The van der Waals surface area contributed by atoms with E-state index in [2.05, 4.69) is 36.6 Å². The smallest absolute Gasteiger partial charge is 0.249 e. The molecule has 2 aromatic carbocycles. The highest BCUT2D eigenvalue weighted by Gasteiger charge is 2.12. The molecule has 166 valence electrons. The van der Waals surface area contributed by atoms with E-state index in [1.807, 2.05) is 42.5 Å². The predicted octanol–water partition coefficient (Wildman–Crippen LogP) is 3.20. The summed E-state index contributed by atoms with van der Waals surface area (Å²) in [6, 6.07) is 13.5. The summed E-state index contributed by atoms with van der Waals surface area (Å²) < 4.78 is 10.5. The summed E-state index contributed by atoms with van der Waals surface area (Å²) in [7, 11) is 3.15. The molecule has 0 saturated carbocycles. The highest BCUT2D eigenvalue weighted by molar-refractivity contribution is 5.97. The Morgan fingerprint density at radius 3 is 2.26 bits per heavy atom. The molecule has 0 atom stereocenters. The van der Waals surface area contributed by atoms with Crippen molar-refractivity contribution in [3.8, 4) is 11.5 Å². The first-order valence-electron chi connectivity index (χ1n) is 10.1. The summed E-state index contributed by atoms with van der Waals surface area (Å²) in [5.74, 6) is 0.461. The van der Waals surface area contributed by atoms with Crippen LogP contribution in [0, 0.1) is 0 Å². The number of benzene rings is 2. The second-order valence-electron chi connectivity index (χ2n) is 8.13. The predicted molar refractivity (Wildman–Crippen MR) is 122 cm³/mol. The van der Waals surface area contributed by atoms with Crippen LogP contribution in [0.15, 0.2) is 47.6 Å². The topological polar surface area (TPSA) is 89.0 Å². The molecule has 2 aromatic rings. The third-order valence-electron chi connectivity index (χ3n) is 4.68. The van der Waals surface area contributed by atoms with Gasteiger partial charge in [-0.2, -0.15) is 5.10 Å². The molecule has 7 heteroatoms. The summed E-state index contributed by atoms with van der Waals surface area (Å²) in [6.07, 6.45) is 1.88. The van der Waals surface area contributed by atoms with Crippen molar-refractivity contribution in [1.82, 2.24) is 10.7 Å². The second-order valence-corrected chi connectivity index (χ2v) is 8.13. The fourth-order valence-corrected chi connectivity index (χ4v) is 2.88. The van der Waals surface area contributed by atoms with Crippen LogP contribution in [0.3, 0.4) is 0 Å². The van der Waals surface area contributed by atoms with E-state index >= 15 is 0 Å². The Morgan fingerprint density at radius 1 is 0.968 bits per heavy atom. The number of amides is 2. The molecule has 0 aliphatic heterocycles. The Hall–Kier alpha value is -3.35. The lowest BCUT2D eigenvalue weighted by Gasteiger charge is -2.18. The molecule has 0 bridgehead atoms. The summed E-state index contributed by atoms with van der Waals surface area (Å²) in [5, 5.41) is 6.65. The van der Waals surface area contributed by atoms with Crippen molar-refractivity contribution in [2.45, 2.75) is 39.0 Å². The third-order valence-corrected chi connectivity index (χ3v) is 4.68. The lowest BCUT2D eigenvalue weighted by molar-refractivity contribution is -0.129. The molecule has 7 nitrogen and oxygen atoms in total. The number of rotatable bonds is 9. The van der Waals surface area contributed by atoms with Crippen molar-refractivity contribution >= 4 is 18.0 Å². The van der Waals surface area contributed by atoms with Gasteiger partial charge in [0.05, 0.1) is 20.4 Å². The van der Waals surface area contributed by atoms with Crippen LogP contribution >= 0.6 is 0 Å². The molecule has 0 saturated heterocycles. The van der Waals surface area contributed by atoms with Crippen molar-refractivity contribution in [2.75, 3.05) is 20.8 Å². The van der Waals surface area contributed by atoms with E-state index < -0.39 is 5.91 Å². The van der Waals surface area contributed by atoms with Gasteiger partial charge in [0, 0.05) is 6.54 Å². The number of hydrogen-bond donors (Lipinski definition) is 2. The van der Waals surface area contributed by atoms with E-state index in [4.69, 9.17) is 9.47 Å². The molecular weight excluding hydrogens is 394 g/mol. The highest BCUT2D eigenvalue weighted by Crippen LogP contribution is 2.27. The molecule has 0 aromatic heterocycles. The molecule has 0 fully saturated rings. The monoisotopic (exact) mass is 425 g/mol. The Morgan fingerprint density at radius 2 is 1.65 bits per heavy atom. The molecule has 0 radical (unpaired) electrons. The number of methoxy groups -OCH3 is 2. The maximum atomic E-state index is 12.0. The zero-order chi connectivity index (χ0) is 22.9. The standard InChI is InChI=1S/C24H31N3O4/c1-24(2,3)19-9-6-18(7-10-19)16-26-27-23(29)15-22(28)25-13-12-17-8-11-20(30-4)21(14-17)31-5/h6-11,14,16H,12-13,15H2,1-5H3,(H,25,28)(H,27,29). The number of hydrogen-bond acceptors (Lipinski definition) is 5. The summed E-state index contributed by atoms with van der Waals surface area (Å²) >= 11 is 0. The summed E-state index contributed by atoms with van der Waals surface area (Å²) in [6.45, 7) is 6.85. The molecular formula is C24H31N3O4. The number of ether oxygens (including phenoxy) is 2. The molecule has 0 heterocycles. The minimum atomic E-state index is -0.467. The van der Waals surface area contributed by atoms with Gasteiger partial charge in [-0.25, -0.2) is 5.43 Å². The van der Waals surface area contributed by atoms with Gasteiger partial charge in [0.15, 0.2) is 11.5 Å². The van der Waals surface area contributed by atoms with Crippen LogP contribution in [-0.4, -0.2) is 38.8 Å². The van der Waals surface area contributed by atoms with Crippen LogP contribution in [0.25, 0.3) is 0 Å². The van der Waals surface area contributed by atoms with Gasteiger partial charge in [-0.05, 0) is 40.7 Å². The second kappa shape index (κ2) is 11.2. The molecule has 0 unspecified atom stereocenters. The van der Waals surface area contributed by atoms with E-state index in [0.29, 0.717) is 24.5 Å². The average molecular weight is 426 g/mol. The van der Waals surface area contributed by atoms with Gasteiger partial charge in [0.1, 0.15) is 6.42 Å². The Bertz CT molecular complexity index is 915. The quantitative estimate of drug-likeness (QED) is 0.367. The van der Waals surface area contributed by atoms with Crippen molar-refractivity contribution in [1.29, 1.82) is 0 Å². The summed E-state index contributed by atoms with van der Waals surface area (Å²) in [4.78, 5) is 23.9. The van der Waals surface area contributed by atoms with Crippen LogP contribution in [0.5, 0.6) is 11.5 Å². The SMILES string of the molecule is COc1ccc(CCNC(=O)CC(=O)NN=Cc2ccc(C(C)(C)C)cc2)cc1OC. The molecule has 2 amide bonds. The van der Waals surface area contributed by atoms with Gasteiger partial charge in [0.2, 0.25) is 11.8 Å². The van der Waals surface area contributed by atoms with Crippen molar-refractivity contribution < 1.29 is 19.1 Å². The molecule has 0 aliphatic carbocycles. The van der Waals surface area contributed by atoms with Crippen molar-refractivity contribution in [3.05, 3.63) is 59.2 Å². The first-order valence-corrected chi connectivity index (χ1v) is 10.1. The minimum absolute atomic E-state index is 0.0801. The number of hydrazone groups is 1. The van der Waals surface area contributed by atoms with E-state index in [0.717, 1.165) is 11.1 Å². The Balaban J connectivity index is 1.73. The van der Waals surface area contributed by atoms with E-state index in [1.54, 1.807) is 20.4 Å². The minimum Gasteiger partial charge on any atom is -0.493 e. The summed E-state index contributed by atoms with van der Waals surface area (Å²) in [5.41, 5.74) is 5.54. The molecule has 0 aliphatic rings. The maximum absolute atomic E-state index is 12.0. The number of nitrogens with one attached hydrogen (secondary N) is 2. The van der Waals surface area contributed by atoms with Gasteiger partial charge >= 0.3 is 0 Å². The van der Waals surface area contributed by atoms with E-state index in [1.165, 1.54) is 5.56 Å². The maximum Gasteiger partial charge on any atom is 0.249 e. The van der Waals surface area contributed by atoms with Crippen LogP contribution in [0.1, 0.15) is 43.9 Å². The van der Waals surface area contributed by atoms with Gasteiger partial charge in [-0.15, -0.1) is 0 Å². The molecule has 2 rings (SSSR count). The number of nitrogens with zero attached hydrogens (tertiary/aromatic N) is 1. The molecule has 31 heavy (non-hydrogen) atoms. The lowest BCUT2D eigenvalue weighted by Crippen LogP contribution is -2.31.